The maximum absolute atomic E-state index is 13.2. The molecule has 0 spiro atoms. The molecule has 4 rings (SSSR count). The van der Waals surface area contributed by atoms with Crippen LogP contribution >= 0.6 is 23.4 Å². The van der Waals surface area contributed by atoms with Crippen molar-refractivity contribution in [2.45, 2.75) is 20.0 Å². The average Bonchev–Trinajstić information content (AvgIpc) is 3.32. The standard InChI is InChI=1S/C27H21ClF3N3O5S/c1-14-9-16(15(2)34(14)19-6-4-5-17(11-19)27(29,30)31)10-22-24(36)33(26(38)40-22)13-23(35)32-18-7-8-21(28)20(12-18)25(37)39-3/h4-12H,13H2,1-3H3,(H,32,35)/b22-10-. The molecule has 208 valence electrons. The molecule has 2 aromatic carbocycles. The van der Waals surface area contributed by atoms with Crippen molar-refractivity contribution in [1.82, 2.24) is 9.47 Å². The fraction of sp³-hybridized carbons (Fsp3) is 0.185. The molecule has 0 bridgehead atoms. The second kappa shape index (κ2) is 11.2. The number of carbonyl (C=O) groups is 4. The number of halogens is 4. The van der Waals surface area contributed by atoms with Crippen molar-refractivity contribution >= 4 is 58.1 Å². The van der Waals surface area contributed by atoms with Crippen LogP contribution in [0.25, 0.3) is 11.8 Å². The van der Waals surface area contributed by atoms with Crippen molar-refractivity contribution in [3.8, 4) is 5.69 Å². The predicted molar refractivity (Wildman–Crippen MR) is 144 cm³/mol. The lowest BCUT2D eigenvalue weighted by Gasteiger charge is -2.13. The Bertz CT molecular complexity index is 1580. The van der Waals surface area contributed by atoms with Gasteiger partial charge >= 0.3 is 12.1 Å². The molecule has 3 aromatic rings. The fourth-order valence-corrected chi connectivity index (χ4v) is 5.17. The van der Waals surface area contributed by atoms with Crippen molar-refractivity contribution in [2.24, 2.45) is 0 Å². The van der Waals surface area contributed by atoms with Gasteiger partial charge in [0.25, 0.3) is 11.1 Å². The molecule has 1 fully saturated rings. The highest BCUT2D eigenvalue weighted by Gasteiger charge is 2.37. The SMILES string of the molecule is COC(=O)c1cc(NC(=O)CN2C(=O)S/C(=C\c3cc(C)n(-c4cccc(C(F)(F)F)c4)c3C)C2=O)ccc1Cl. The summed E-state index contributed by atoms with van der Waals surface area (Å²) in [6.07, 6.45) is -3.03. The third-order valence-corrected chi connectivity index (χ3v) is 7.26. The summed E-state index contributed by atoms with van der Waals surface area (Å²) in [5.41, 5.74) is 1.45. The Labute approximate surface area is 235 Å². The summed E-state index contributed by atoms with van der Waals surface area (Å²) < 4.78 is 45.9. The number of nitrogens with one attached hydrogen (secondary N) is 1. The van der Waals surface area contributed by atoms with Gasteiger partial charge in [-0.25, -0.2) is 4.79 Å². The lowest BCUT2D eigenvalue weighted by atomic mass is 10.2. The number of carbonyl (C=O) groups excluding carboxylic acids is 4. The largest absolute Gasteiger partial charge is 0.465 e. The number of esters is 1. The van der Waals surface area contributed by atoms with E-state index in [1.165, 1.54) is 37.5 Å². The minimum Gasteiger partial charge on any atom is -0.465 e. The molecule has 0 aliphatic carbocycles. The third-order valence-electron chi connectivity index (χ3n) is 6.02. The smallest absolute Gasteiger partial charge is 0.416 e. The van der Waals surface area contributed by atoms with Gasteiger partial charge in [-0.15, -0.1) is 0 Å². The van der Waals surface area contributed by atoms with E-state index < -0.39 is 41.3 Å². The topological polar surface area (TPSA) is 97.7 Å². The molecular formula is C27H21ClF3N3O5S. The zero-order valence-corrected chi connectivity index (χ0v) is 22.8. The molecule has 1 saturated heterocycles. The summed E-state index contributed by atoms with van der Waals surface area (Å²) in [7, 11) is 1.18. The Morgan fingerprint density at radius 3 is 2.50 bits per heavy atom. The van der Waals surface area contributed by atoms with Gasteiger partial charge in [0.15, 0.2) is 0 Å². The molecule has 1 N–H and O–H groups in total. The third kappa shape index (κ3) is 5.92. The molecule has 1 aliphatic heterocycles. The first-order valence-corrected chi connectivity index (χ1v) is 12.8. The molecule has 2 heterocycles. The molecule has 0 atom stereocenters. The van der Waals surface area contributed by atoms with E-state index in [9.17, 15) is 32.3 Å². The lowest BCUT2D eigenvalue weighted by molar-refractivity contribution is -0.137. The Morgan fingerprint density at radius 2 is 1.82 bits per heavy atom. The van der Waals surface area contributed by atoms with Crippen molar-refractivity contribution < 1.29 is 37.1 Å². The van der Waals surface area contributed by atoms with Crippen LogP contribution in [-0.4, -0.2) is 46.1 Å². The molecule has 3 amide bonds. The minimum absolute atomic E-state index is 0.0267. The first-order chi connectivity index (χ1) is 18.8. The Hall–Kier alpha value is -4.03. The van der Waals surface area contributed by atoms with Crippen LogP contribution in [0.3, 0.4) is 0 Å². The summed E-state index contributed by atoms with van der Waals surface area (Å²) in [4.78, 5) is 50.8. The fourth-order valence-electron chi connectivity index (χ4n) is 4.14. The van der Waals surface area contributed by atoms with Crippen molar-refractivity contribution in [2.75, 3.05) is 19.0 Å². The van der Waals surface area contributed by atoms with Crippen LogP contribution in [0.2, 0.25) is 5.02 Å². The first kappa shape index (κ1) is 29.0. The summed E-state index contributed by atoms with van der Waals surface area (Å²) in [6, 6.07) is 10.7. The molecule has 1 aliphatic rings. The first-order valence-electron chi connectivity index (χ1n) is 11.6. The van der Waals surface area contributed by atoms with Gasteiger partial charge in [-0.3, -0.25) is 19.3 Å². The van der Waals surface area contributed by atoms with E-state index in [-0.39, 0.29) is 21.2 Å². The quantitative estimate of drug-likeness (QED) is 0.270. The van der Waals surface area contributed by atoms with Gasteiger partial charge in [0, 0.05) is 22.8 Å². The van der Waals surface area contributed by atoms with Crippen LogP contribution in [0.1, 0.15) is 32.9 Å². The number of ether oxygens (including phenoxy) is 1. The highest BCUT2D eigenvalue weighted by atomic mass is 35.5. The Kier molecular flexibility index (Phi) is 8.13. The van der Waals surface area contributed by atoms with Gasteiger partial charge in [0.05, 0.1) is 28.2 Å². The van der Waals surface area contributed by atoms with Gasteiger partial charge < -0.3 is 14.6 Å². The van der Waals surface area contributed by atoms with Crippen molar-refractivity contribution in [1.29, 1.82) is 0 Å². The highest BCUT2D eigenvalue weighted by molar-refractivity contribution is 8.18. The van der Waals surface area contributed by atoms with E-state index in [1.807, 2.05) is 0 Å². The number of anilines is 1. The van der Waals surface area contributed by atoms with Gasteiger partial charge in [-0.1, -0.05) is 17.7 Å². The number of rotatable bonds is 6. The van der Waals surface area contributed by atoms with Gasteiger partial charge in [-0.05, 0) is 79.7 Å². The van der Waals surface area contributed by atoms with Crippen molar-refractivity contribution in [3.63, 3.8) is 0 Å². The summed E-state index contributed by atoms with van der Waals surface area (Å²) >= 11 is 6.62. The monoisotopic (exact) mass is 591 g/mol. The maximum Gasteiger partial charge on any atom is 0.416 e. The van der Waals surface area contributed by atoms with E-state index >= 15 is 0 Å². The average molecular weight is 592 g/mol. The normalized spacial score (nSPS) is 14.7. The molecule has 0 saturated carbocycles. The molecule has 1 aromatic heterocycles. The number of hydrogen-bond acceptors (Lipinski definition) is 6. The number of alkyl halides is 3. The number of methoxy groups -OCH3 is 1. The Morgan fingerprint density at radius 1 is 1.10 bits per heavy atom. The van der Waals surface area contributed by atoms with Crippen LogP contribution < -0.4 is 5.32 Å². The van der Waals surface area contributed by atoms with E-state index in [4.69, 9.17) is 11.6 Å². The zero-order valence-electron chi connectivity index (χ0n) is 21.3. The highest BCUT2D eigenvalue weighted by Crippen LogP contribution is 2.35. The van der Waals surface area contributed by atoms with Crippen LogP contribution in [0.5, 0.6) is 0 Å². The summed E-state index contributed by atoms with van der Waals surface area (Å²) in [5.74, 6) is -2.09. The number of thioether (sulfide) groups is 1. The number of hydrogen-bond donors (Lipinski definition) is 1. The van der Waals surface area contributed by atoms with E-state index in [0.29, 0.717) is 34.4 Å². The number of aryl methyl sites for hydroxylation is 1. The lowest BCUT2D eigenvalue weighted by Crippen LogP contribution is -2.36. The van der Waals surface area contributed by atoms with Crippen molar-refractivity contribution in [3.05, 3.63) is 86.5 Å². The minimum atomic E-state index is -4.50. The number of nitrogens with zero attached hydrogens (tertiary/aromatic N) is 2. The van der Waals surface area contributed by atoms with Crippen LogP contribution in [-0.2, 0) is 20.5 Å². The van der Waals surface area contributed by atoms with Crippen LogP contribution in [0, 0.1) is 13.8 Å². The zero-order chi connectivity index (χ0) is 29.4. The molecule has 13 heteroatoms. The second-order valence-electron chi connectivity index (χ2n) is 8.71. The molecular weight excluding hydrogens is 571 g/mol. The predicted octanol–water partition coefficient (Wildman–Crippen LogP) is 6.23. The second-order valence-corrected chi connectivity index (χ2v) is 10.1. The number of imide groups is 1. The van der Waals surface area contributed by atoms with Gasteiger partial charge in [-0.2, -0.15) is 13.2 Å². The molecule has 8 nitrogen and oxygen atoms in total. The van der Waals surface area contributed by atoms with Gasteiger partial charge in [0.1, 0.15) is 6.54 Å². The van der Waals surface area contributed by atoms with E-state index in [2.05, 4.69) is 10.1 Å². The maximum atomic E-state index is 13.2. The molecule has 0 radical (unpaired) electrons. The van der Waals surface area contributed by atoms with E-state index in [0.717, 1.165) is 17.0 Å². The van der Waals surface area contributed by atoms with Crippen LogP contribution in [0.15, 0.2) is 53.4 Å². The number of aromatic nitrogens is 1. The van der Waals surface area contributed by atoms with Crippen LogP contribution in [0.4, 0.5) is 23.7 Å². The Balaban J connectivity index is 1.53. The summed E-state index contributed by atoms with van der Waals surface area (Å²) in [5, 5.41) is 1.97. The molecule has 0 unspecified atom stereocenters. The summed E-state index contributed by atoms with van der Waals surface area (Å²) in [6.45, 7) is 2.82. The van der Waals surface area contributed by atoms with E-state index in [1.54, 1.807) is 30.5 Å². The number of benzene rings is 2. The molecule has 40 heavy (non-hydrogen) atoms. The van der Waals surface area contributed by atoms with Gasteiger partial charge in [0.2, 0.25) is 5.91 Å². The number of amides is 3.